The van der Waals surface area contributed by atoms with E-state index in [1.54, 1.807) is 0 Å². The average Bonchev–Trinajstić information content (AvgIpc) is 1.91. The maximum atomic E-state index is 13.1. The molecule has 0 aliphatic heterocycles. The second kappa shape index (κ2) is 67.9. The van der Waals surface area contributed by atoms with Gasteiger partial charge in [0.1, 0.15) is 19.3 Å². The smallest absolute Gasteiger partial charge is 0.462 e. The van der Waals surface area contributed by atoms with Gasteiger partial charge in [-0.1, -0.05) is 343 Å². The van der Waals surface area contributed by atoms with Crippen LogP contribution in [-0.4, -0.2) is 96.7 Å². The zero-order valence-electron chi connectivity index (χ0n) is 62.0. The molecule has 0 bridgehead atoms. The number of carbonyl (C=O) groups excluding carboxylic acids is 4. The van der Waals surface area contributed by atoms with E-state index in [9.17, 15) is 43.2 Å². The lowest BCUT2D eigenvalue weighted by atomic mass is 9.99. The molecule has 564 valence electrons. The van der Waals surface area contributed by atoms with Crippen LogP contribution in [0.4, 0.5) is 0 Å². The van der Waals surface area contributed by atoms with E-state index in [1.807, 2.05) is 0 Å². The van der Waals surface area contributed by atoms with Gasteiger partial charge < -0.3 is 33.8 Å². The molecule has 6 atom stereocenters. The van der Waals surface area contributed by atoms with Crippen molar-refractivity contribution in [1.82, 2.24) is 0 Å². The number of ether oxygens (including phenoxy) is 4. The van der Waals surface area contributed by atoms with Crippen molar-refractivity contribution in [2.24, 2.45) is 11.8 Å². The lowest BCUT2D eigenvalue weighted by Crippen LogP contribution is -2.30. The molecule has 0 aromatic rings. The molecule has 0 aliphatic rings. The average molecular weight is 1400 g/mol. The Labute approximate surface area is 581 Å². The Balaban J connectivity index is 5.21. The summed E-state index contributed by atoms with van der Waals surface area (Å²) in [6.07, 6.45) is 55.5. The summed E-state index contributed by atoms with van der Waals surface area (Å²) >= 11 is 0. The first-order valence-electron chi connectivity index (χ1n) is 39.5. The fraction of sp³-hybridized carbons (Fsp3) is 0.947. The summed E-state index contributed by atoms with van der Waals surface area (Å²) in [7, 11) is -9.91. The summed E-state index contributed by atoms with van der Waals surface area (Å²) in [5, 5.41) is 10.6. The highest BCUT2D eigenvalue weighted by Gasteiger charge is 2.30. The van der Waals surface area contributed by atoms with E-state index >= 15 is 0 Å². The van der Waals surface area contributed by atoms with Crippen molar-refractivity contribution in [3.63, 3.8) is 0 Å². The number of phosphoric ester groups is 2. The number of phosphoric acid groups is 2. The maximum absolute atomic E-state index is 13.1. The Hall–Kier alpha value is -1.94. The third kappa shape index (κ3) is 69.0. The second-order valence-corrected chi connectivity index (χ2v) is 31.0. The topological polar surface area (TPSA) is 237 Å². The molecule has 19 heteroatoms. The number of rotatable bonds is 75. The summed E-state index contributed by atoms with van der Waals surface area (Å²) in [5.74, 6) is -0.558. The van der Waals surface area contributed by atoms with Crippen LogP contribution in [0.25, 0.3) is 0 Å². The lowest BCUT2D eigenvalue weighted by Gasteiger charge is -2.21. The molecule has 0 heterocycles. The van der Waals surface area contributed by atoms with E-state index < -0.39 is 97.5 Å². The molecule has 0 fully saturated rings. The molecule has 0 saturated carbocycles. The van der Waals surface area contributed by atoms with Gasteiger partial charge in [0.05, 0.1) is 26.4 Å². The number of hydrogen-bond donors (Lipinski definition) is 3. The predicted octanol–water partition coefficient (Wildman–Crippen LogP) is 22.3. The Morgan fingerprint density at radius 1 is 0.305 bits per heavy atom. The maximum Gasteiger partial charge on any atom is 0.472 e. The van der Waals surface area contributed by atoms with Gasteiger partial charge in [-0.25, -0.2) is 9.13 Å². The van der Waals surface area contributed by atoms with Gasteiger partial charge in [0, 0.05) is 25.7 Å². The quantitative estimate of drug-likeness (QED) is 0.0222. The molecule has 0 aromatic carbocycles. The zero-order valence-corrected chi connectivity index (χ0v) is 63.8. The molecular formula is C76H148O17P2. The van der Waals surface area contributed by atoms with Crippen LogP contribution in [0.1, 0.15) is 395 Å². The molecule has 0 saturated heterocycles. The fourth-order valence-electron chi connectivity index (χ4n) is 11.6. The number of hydrogen-bond acceptors (Lipinski definition) is 15. The number of carbonyl (C=O) groups is 4. The summed E-state index contributed by atoms with van der Waals surface area (Å²) < 4.78 is 68.5. The van der Waals surface area contributed by atoms with Gasteiger partial charge in [0.25, 0.3) is 0 Å². The van der Waals surface area contributed by atoms with Crippen LogP contribution in [0.5, 0.6) is 0 Å². The van der Waals surface area contributed by atoms with Gasteiger partial charge in [-0.3, -0.25) is 37.3 Å². The van der Waals surface area contributed by atoms with Gasteiger partial charge in [-0.15, -0.1) is 0 Å². The fourth-order valence-corrected chi connectivity index (χ4v) is 13.2. The summed E-state index contributed by atoms with van der Waals surface area (Å²) in [6, 6.07) is 0. The van der Waals surface area contributed by atoms with E-state index in [4.69, 9.17) is 37.0 Å². The standard InChI is InChI=1S/C76H148O17P2/c1-7-10-12-14-16-18-19-20-21-22-23-24-25-28-32-35-42-48-54-60-75(80)92-72(65-87-74(79)59-53-47-41-34-31-29-26-27-30-33-38-44-50-56-68(4)5)67-91-95(84,85)89-63-70(77)62-88-94(82,83)90-66-71(64-86-73(78)58-52-46-40-17-15-13-11-8-2)93-76(81)61-55-49-43-37-36-39-45-51-57-69(6)9-3/h68-72,77H,7-67H2,1-6H3,(H,82,83)(H,84,85)/t69?,70-,71+,72+/m0/s1. The highest BCUT2D eigenvalue weighted by Crippen LogP contribution is 2.45. The van der Waals surface area contributed by atoms with Crippen molar-refractivity contribution in [3.05, 3.63) is 0 Å². The van der Waals surface area contributed by atoms with Crippen molar-refractivity contribution < 1.29 is 80.2 Å². The van der Waals surface area contributed by atoms with Gasteiger partial charge in [0.2, 0.25) is 0 Å². The molecule has 95 heavy (non-hydrogen) atoms. The molecule has 0 radical (unpaired) electrons. The van der Waals surface area contributed by atoms with Crippen LogP contribution in [0.3, 0.4) is 0 Å². The molecule has 17 nitrogen and oxygen atoms in total. The first-order valence-corrected chi connectivity index (χ1v) is 42.5. The zero-order chi connectivity index (χ0) is 70.0. The van der Waals surface area contributed by atoms with Gasteiger partial charge in [0.15, 0.2) is 12.2 Å². The summed E-state index contributed by atoms with van der Waals surface area (Å²) in [4.78, 5) is 72.7. The van der Waals surface area contributed by atoms with Crippen LogP contribution in [0.15, 0.2) is 0 Å². The second-order valence-electron chi connectivity index (χ2n) is 28.1. The SMILES string of the molecule is CCCCCCCCCCCCCCCCCCCCCC(=O)O[C@H](COC(=O)CCCCCCCCCCCCCCCC(C)C)COP(=O)(O)OC[C@@H](O)COP(=O)(O)OC[C@@H](COC(=O)CCCCCCCCCC)OC(=O)CCCCCCCCCCC(C)CC. The third-order valence-electron chi connectivity index (χ3n) is 18.1. The Bertz CT molecular complexity index is 1840. The molecule has 0 aromatic heterocycles. The lowest BCUT2D eigenvalue weighted by molar-refractivity contribution is -0.161. The minimum atomic E-state index is -4.96. The van der Waals surface area contributed by atoms with Crippen molar-refractivity contribution in [2.45, 2.75) is 413 Å². The van der Waals surface area contributed by atoms with Crippen LogP contribution < -0.4 is 0 Å². The van der Waals surface area contributed by atoms with Crippen LogP contribution >= 0.6 is 15.6 Å². The molecule has 0 spiro atoms. The third-order valence-corrected chi connectivity index (χ3v) is 20.0. The molecular weight excluding hydrogens is 1250 g/mol. The van der Waals surface area contributed by atoms with Crippen LogP contribution in [0.2, 0.25) is 0 Å². The van der Waals surface area contributed by atoms with E-state index in [-0.39, 0.29) is 25.7 Å². The van der Waals surface area contributed by atoms with Crippen molar-refractivity contribution in [1.29, 1.82) is 0 Å². The first-order chi connectivity index (χ1) is 45.9. The van der Waals surface area contributed by atoms with Crippen molar-refractivity contribution in [3.8, 4) is 0 Å². The van der Waals surface area contributed by atoms with Crippen LogP contribution in [0, 0.1) is 11.8 Å². The Kier molecular flexibility index (Phi) is 66.5. The normalized spacial score (nSPS) is 14.3. The highest BCUT2D eigenvalue weighted by atomic mass is 31.2. The molecule has 0 amide bonds. The van der Waals surface area contributed by atoms with Gasteiger partial charge >= 0.3 is 39.5 Å². The highest BCUT2D eigenvalue weighted by molar-refractivity contribution is 7.47. The van der Waals surface area contributed by atoms with E-state index in [0.717, 1.165) is 108 Å². The number of unbranched alkanes of at least 4 members (excludes halogenated alkanes) is 44. The Morgan fingerprint density at radius 2 is 0.537 bits per heavy atom. The number of esters is 4. The number of aliphatic hydroxyl groups is 1. The van der Waals surface area contributed by atoms with Crippen molar-refractivity contribution >= 4 is 39.5 Å². The molecule has 3 unspecified atom stereocenters. The predicted molar refractivity (Wildman–Crippen MR) is 386 cm³/mol. The number of aliphatic hydroxyl groups excluding tert-OH is 1. The van der Waals surface area contributed by atoms with E-state index in [1.165, 1.54) is 205 Å². The van der Waals surface area contributed by atoms with Crippen LogP contribution in [-0.2, 0) is 65.4 Å². The van der Waals surface area contributed by atoms with E-state index in [2.05, 4.69) is 41.5 Å². The van der Waals surface area contributed by atoms with E-state index in [0.29, 0.717) is 25.7 Å². The minimum absolute atomic E-state index is 0.105. The van der Waals surface area contributed by atoms with Gasteiger partial charge in [-0.2, -0.15) is 0 Å². The monoisotopic (exact) mass is 1400 g/mol. The Morgan fingerprint density at radius 3 is 0.800 bits per heavy atom. The first kappa shape index (κ1) is 93.1. The molecule has 0 aliphatic carbocycles. The largest absolute Gasteiger partial charge is 0.472 e. The van der Waals surface area contributed by atoms with Gasteiger partial charge in [-0.05, 0) is 37.5 Å². The summed E-state index contributed by atoms with van der Waals surface area (Å²) in [6.45, 7) is 9.58. The molecule has 0 rings (SSSR count). The minimum Gasteiger partial charge on any atom is -0.462 e. The van der Waals surface area contributed by atoms with Crippen molar-refractivity contribution in [2.75, 3.05) is 39.6 Å². The molecule has 3 N–H and O–H groups in total. The summed E-state index contributed by atoms with van der Waals surface area (Å²) in [5.41, 5.74) is 0.